The number of primary amides is 1. The van der Waals surface area contributed by atoms with Crippen molar-refractivity contribution in [2.24, 2.45) is 16.0 Å². The molecular weight excluding hydrogens is 390 g/mol. The number of nitrogens with two attached hydrogens (primary N) is 2. The van der Waals surface area contributed by atoms with Gasteiger partial charge in [0.1, 0.15) is 10.5 Å². The lowest BCUT2D eigenvalue weighted by Gasteiger charge is -2.13. The Balaban J connectivity index is 2.68. The normalized spacial score (nSPS) is 11.9. The van der Waals surface area contributed by atoms with E-state index in [4.69, 9.17) is 16.0 Å². The topological polar surface area (TPSA) is 190 Å². The third kappa shape index (κ3) is 3.73. The van der Waals surface area contributed by atoms with Gasteiger partial charge in [0.15, 0.2) is 5.69 Å². The highest BCUT2D eigenvalue weighted by atomic mass is 32.2. The second-order valence-electron chi connectivity index (χ2n) is 5.94. The number of nitrogens with zero attached hydrogens (tertiary/aromatic N) is 3. The summed E-state index contributed by atoms with van der Waals surface area (Å²) in [5, 5.41) is 17.9. The molecule has 150 valence electrons. The number of carbonyl (C=O) groups excluding carboxylic acids is 1. The highest BCUT2D eigenvalue weighted by Gasteiger charge is 2.22. The fourth-order valence-electron chi connectivity index (χ4n) is 2.63. The lowest BCUT2D eigenvalue weighted by molar-refractivity contribution is 0.0995. The Hall–Kier alpha value is -3.25. The zero-order valence-electron chi connectivity index (χ0n) is 15.3. The van der Waals surface area contributed by atoms with Gasteiger partial charge in [0.25, 0.3) is 21.6 Å². The van der Waals surface area contributed by atoms with Crippen LogP contribution in [0.1, 0.15) is 28.4 Å². The number of carbonyl (C=O) groups is 1. The molecule has 0 aliphatic carbocycles. The average molecular weight is 409 g/mol. The molecule has 0 saturated carbocycles. The Bertz CT molecular complexity index is 1170. The van der Waals surface area contributed by atoms with Crippen LogP contribution in [0.5, 0.6) is 5.88 Å². The molecular formula is C16H19N5O6S. The molecule has 2 aromatic rings. The van der Waals surface area contributed by atoms with Gasteiger partial charge in [-0.3, -0.25) is 18.7 Å². The predicted octanol–water partition coefficient (Wildman–Crippen LogP) is 1.53. The molecule has 1 aromatic heterocycles. The van der Waals surface area contributed by atoms with Crippen molar-refractivity contribution in [2.45, 2.75) is 32.2 Å². The summed E-state index contributed by atoms with van der Waals surface area (Å²) >= 11 is 0. The van der Waals surface area contributed by atoms with Crippen molar-refractivity contribution >= 4 is 33.1 Å². The van der Waals surface area contributed by atoms with Crippen LogP contribution in [0.25, 0.3) is 0 Å². The third-order valence-electron chi connectivity index (χ3n) is 4.08. The van der Waals surface area contributed by atoms with Crippen LogP contribution in [-0.4, -0.2) is 28.6 Å². The fourth-order valence-corrected chi connectivity index (χ4v) is 3.32. The van der Waals surface area contributed by atoms with E-state index in [1.807, 2.05) is 0 Å². The molecule has 1 heterocycles. The van der Waals surface area contributed by atoms with Gasteiger partial charge in [0.05, 0.1) is 11.4 Å². The number of nitrogen functional groups attached to an aromatic ring is 1. The minimum absolute atomic E-state index is 0.0450. The Morgan fingerprint density at radius 1 is 1.25 bits per heavy atom. The van der Waals surface area contributed by atoms with E-state index >= 15 is 0 Å². The van der Waals surface area contributed by atoms with E-state index in [0.29, 0.717) is 5.56 Å². The lowest BCUT2D eigenvalue weighted by atomic mass is 10.1. The number of pyridine rings is 1. The first-order valence-corrected chi connectivity index (χ1v) is 9.39. The number of hydrogen-bond acceptors (Lipinski definition) is 8. The van der Waals surface area contributed by atoms with Crippen molar-refractivity contribution < 1.29 is 22.9 Å². The maximum absolute atomic E-state index is 12.5. The smallest absolute Gasteiger partial charge is 0.296 e. The quantitative estimate of drug-likeness (QED) is 0.327. The monoisotopic (exact) mass is 409 g/mol. The first-order chi connectivity index (χ1) is 12.9. The molecule has 11 nitrogen and oxygen atoms in total. The van der Waals surface area contributed by atoms with Crippen LogP contribution in [0.2, 0.25) is 0 Å². The predicted molar refractivity (Wildman–Crippen MR) is 101 cm³/mol. The van der Waals surface area contributed by atoms with E-state index in [0.717, 1.165) is 10.6 Å². The molecule has 0 saturated heterocycles. The second kappa shape index (κ2) is 7.40. The van der Waals surface area contributed by atoms with Gasteiger partial charge in [0.2, 0.25) is 5.88 Å². The summed E-state index contributed by atoms with van der Waals surface area (Å²) in [4.78, 5) is 23.7. The molecule has 0 atom stereocenters. The summed E-state index contributed by atoms with van der Waals surface area (Å²) in [7, 11) is -4.51. The van der Waals surface area contributed by atoms with Gasteiger partial charge in [-0.25, -0.2) is 0 Å². The summed E-state index contributed by atoms with van der Waals surface area (Å²) in [6.07, 6.45) is 0. The number of rotatable bonds is 5. The van der Waals surface area contributed by atoms with Crippen molar-refractivity contribution in [3.63, 3.8) is 0 Å². The molecule has 28 heavy (non-hydrogen) atoms. The number of hydrogen-bond donors (Lipinski definition) is 4. The van der Waals surface area contributed by atoms with Crippen LogP contribution < -0.4 is 17.0 Å². The average Bonchev–Trinajstić information content (AvgIpc) is 2.56. The Morgan fingerprint density at radius 3 is 2.36 bits per heavy atom. The number of aryl methyl sites for hydroxylation is 1. The Kier molecular flexibility index (Phi) is 5.57. The first-order valence-electron chi connectivity index (χ1n) is 7.95. The minimum Gasteiger partial charge on any atom is -0.494 e. The second-order valence-corrected chi connectivity index (χ2v) is 7.33. The van der Waals surface area contributed by atoms with Gasteiger partial charge in [-0.2, -0.15) is 13.5 Å². The number of anilines is 1. The number of benzene rings is 1. The van der Waals surface area contributed by atoms with Gasteiger partial charge in [-0.15, -0.1) is 5.11 Å². The maximum atomic E-state index is 12.5. The number of aromatic nitrogens is 1. The van der Waals surface area contributed by atoms with Crippen LogP contribution in [0.4, 0.5) is 17.1 Å². The van der Waals surface area contributed by atoms with Gasteiger partial charge in [0, 0.05) is 12.1 Å². The number of aromatic hydroxyl groups is 1. The maximum Gasteiger partial charge on any atom is 0.296 e. The van der Waals surface area contributed by atoms with E-state index in [1.165, 1.54) is 19.9 Å². The van der Waals surface area contributed by atoms with Crippen molar-refractivity contribution in [3.8, 4) is 5.88 Å². The van der Waals surface area contributed by atoms with Crippen molar-refractivity contribution in [1.82, 2.24) is 4.57 Å². The summed E-state index contributed by atoms with van der Waals surface area (Å²) in [6, 6.07) is 2.28. The molecule has 0 aliphatic heterocycles. The van der Waals surface area contributed by atoms with Gasteiger partial charge < -0.3 is 16.6 Å². The number of amides is 1. The Labute approximate surface area is 160 Å². The molecule has 0 radical (unpaired) electrons. The van der Waals surface area contributed by atoms with E-state index in [9.17, 15) is 23.1 Å². The van der Waals surface area contributed by atoms with Crippen LogP contribution >= 0.6 is 0 Å². The van der Waals surface area contributed by atoms with Gasteiger partial charge >= 0.3 is 0 Å². The minimum atomic E-state index is -4.51. The molecule has 0 unspecified atom stereocenters. The fraction of sp³-hybridized carbons (Fsp3) is 0.250. The Morgan fingerprint density at radius 2 is 1.86 bits per heavy atom. The summed E-state index contributed by atoms with van der Waals surface area (Å²) < 4.78 is 32.7. The lowest BCUT2D eigenvalue weighted by Crippen LogP contribution is -2.25. The van der Waals surface area contributed by atoms with Crippen molar-refractivity contribution in [1.29, 1.82) is 0 Å². The van der Waals surface area contributed by atoms with Crippen LogP contribution in [0.3, 0.4) is 0 Å². The van der Waals surface area contributed by atoms with Crippen molar-refractivity contribution in [3.05, 3.63) is 39.2 Å². The van der Waals surface area contributed by atoms with Gasteiger partial charge in [-0.05, 0) is 38.5 Å². The summed E-state index contributed by atoms with van der Waals surface area (Å²) in [6.45, 7) is 4.54. The highest BCUT2D eigenvalue weighted by molar-refractivity contribution is 7.86. The number of azo groups is 1. The molecule has 0 fully saturated rings. The molecule has 12 heteroatoms. The largest absolute Gasteiger partial charge is 0.494 e. The van der Waals surface area contributed by atoms with Gasteiger partial charge in [-0.1, -0.05) is 0 Å². The van der Waals surface area contributed by atoms with Crippen LogP contribution in [-0.2, 0) is 16.7 Å². The van der Waals surface area contributed by atoms with E-state index in [1.54, 1.807) is 6.92 Å². The van der Waals surface area contributed by atoms with Crippen LogP contribution in [0.15, 0.2) is 32.1 Å². The van der Waals surface area contributed by atoms with Crippen LogP contribution in [0, 0.1) is 13.8 Å². The standard InChI is InChI=1S/C16H19N5O6S/c1-4-21-15(23)12(14(18)22)8(3)13(16(21)24)20-19-10-6-9(17)11(5-7(10)2)28(25,26)27/h5-6,23H,4,17H2,1-3H3,(H2,18,22)(H,25,26,27). The zero-order chi connectivity index (χ0) is 21.4. The molecule has 1 aromatic carbocycles. The molecule has 6 N–H and O–H groups in total. The van der Waals surface area contributed by atoms with E-state index < -0.39 is 32.4 Å². The third-order valence-corrected chi connectivity index (χ3v) is 4.99. The summed E-state index contributed by atoms with van der Waals surface area (Å²) in [5.74, 6) is -1.50. The SMILES string of the molecule is CCn1c(O)c(C(N)=O)c(C)c(N=Nc2cc(N)c(S(=O)(=O)O)cc2C)c1=O. The zero-order valence-corrected chi connectivity index (χ0v) is 16.1. The first kappa shape index (κ1) is 21.1. The molecule has 0 bridgehead atoms. The van der Waals surface area contributed by atoms with E-state index in [2.05, 4.69) is 10.2 Å². The summed E-state index contributed by atoms with van der Waals surface area (Å²) in [5.41, 5.74) is 10.00. The van der Waals surface area contributed by atoms with E-state index in [-0.39, 0.29) is 34.7 Å². The highest BCUT2D eigenvalue weighted by Crippen LogP contribution is 2.31. The molecule has 0 aliphatic rings. The molecule has 0 spiro atoms. The van der Waals surface area contributed by atoms with Crippen molar-refractivity contribution in [2.75, 3.05) is 5.73 Å². The molecule has 2 rings (SSSR count). The molecule has 1 amide bonds.